The molecule has 23 heavy (non-hydrogen) atoms. The van der Waals surface area contributed by atoms with Crippen molar-refractivity contribution in [2.24, 2.45) is 0 Å². The molecule has 0 aliphatic heterocycles. The number of hydrogen-bond donors (Lipinski definition) is 2. The molecule has 0 fully saturated rings. The molecule has 2 aromatic heterocycles. The van der Waals surface area contributed by atoms with Crippen molar-refractivity contribution in [1.82, 2.24) is 5.32 Å². The lowest BCUT2D eigenvalue weighted by Crippen LogP contribution is -2.34. The van der Waals surface area contributed by atoms with Gasteiger partial charge in [0.25, 0.3) is 5.91 Å². The summed E-state index contributed by atoms with van der Waals surface area (Å²) in [5, 5.41) is 6.16. The Balaban J connectivity index is 1.76. The van der Waals surface area contributed by atoms with Gasteiger partial charge in [0.2, 0.25) is 0 Å². The number of amides is 1. The molecule has 0 saturated carbocycles. The van der Waals surface area contributed by atoms with Crippen molar-refractivity contribution in [2.75, 3.05) is 12.4 Å². The SMILES string of the molecule is COC(=O)c1c(NC(=S)NC(=O)c2ccco2)sc2c1CCC2. The van der Waals surface area contributed by atoms with Crippen molar-refractivity contribution in [3.05, 3.63) is 40.2 Å². The Hall–Kier alpha value is -2.19. The Kier molecular flexibility index (Phi) is 4.44. The van der Waals surface area contributed by atoms with E-state index < -0.39 is 11.9 Å². The largest absolute Gasteiger partial charge is 0.465 e. The summed E-state index contributed by atoms with van der Waals surface area (Å²) in [6.45, 7) is 0. The van der Waals surface area contributed by atoms with E-state index in [9.17, 15) is 9.59 Å². The Morgan fingerprint density at radius 3 is 2.91 bits per heavy atom. The first-order chi connectivity index (χ1) is 11.1. The molecule has 6 nitrogen and oxygen atoms in total. The minimum absolute atomic E-state index is 0.108. The molecule has 8 heteroatoms. The number of esters is 1. The molecule has 1 amide bonds. The third-order valence-electron chi connectivity index (χ3n) is 3.51. The van der Waals surface area contributed by atoms with E-state index in [1.807, 2.05) is 0 Å². The van der Waals surface area contributed by atoms with Crippen LogP contribution in [0.4, 0.5) is 5.00 Å². The van der Waals surface area contributed by atoms with E-state index in [1.54, 1.807) is 6.07 Å². The standard InChI is InChI=1S/C15H14N2O4S2/c1-20-14(19)11-8-4-2-6-10(8)23-13(11)17-15(22)16-12(18)9-5-3-7-21-9/h3,5,7H,2,4,6H2,1H3,(H2,16,17,18,22). The smallest absolute Gasteiger partial charge is 0.341 e. The molecule has 0 saturated heterocycles. The van der Waals surface area contributed by atoms with Gasteiger partial charge in [0.05, 0.1) is 18.9 Å². The number of carbonyl (C=O) groups is 2. The second kappa shape index (κ2) is 6.51. The summed E-state index contributed by atoms with van der Waals surface area (Å²) in [5.41, 5.74) is 1.53. The molecule has 2 heterocycles. The van der Waals surface area contributed by atoms with Crippen molar-refractivity contribution in [2.45, 2.75) is 19.3 Å². The average molecular weight is 350 g/mol. The van der Waals surface area contributed by atoms with Crippen LogP contribution in [0.3, 0.4) is 0 Å². The van der Waals surface area contributed by atoms with Crippen LogP contribution in [0.1, 0.15) is 37.8 Å². The number of fused-ring (bicyclic) bond motifs is 1. The van der Waals surface area contributed by atoms with Gasteiger partial charge < -0.3 is 14.5 Å². The van der Waals surface area contributed by atoms with Gasteiger partial charge in [-0.2, -0.15) is 0 Å². The van der Waals surface area contributed by atoms with E-state index >= 15 is 0 Å². The number of rotatable bonds is 3. The maximum atomic E-state index is 12.0. The van der Waals surface area contributed by atoms with Gasteiger partial charge >= 0.3 is 5.97 Å². The Morgan fingerprint density at radius 2 is 2.22 bits per heavy atom. The van der Waals surface area contributed by atoms with E-state index in [1.165, 1.54) is 30.8 Å². The maximum Gasteiger partial charge on any atom is 0.341 e. The zero-order valence-electron chi connectivity index (χ0n) is 12.3. The summed E-state index contributed by atoms with van der Waals surface area (Å²) in [6.07, 6.45) is 4.23. The summed E-state index contributed by atoms with van der Waals surface area (Å²) in [4.78, 5) is 25.1. The molecule has 1 aliphatic rings. The zero-order valence-corrected chi connectivity index (χ0v) is 13.9. The molecule has 0 unspecified atom stereocenters. The fourth-order valence-corrected chi connectivity index (χ4v) is 4.06. The molecule has 120 valence electrons. The number of hydrogen-bond acceptors (Lipinski definition) is 6. The van der Waals surface area contributed by atoms with E-state index in [2.05, 4.69) is 10.6 Å². The summed E-state index contributed by atoms with van der Waals surface area (Å²) in [6, 6.07) is 3.15. The minimum Gasteiger partial charge on any atom is -0.465 e. The number of carbonyl (C=O) groups excluding carboxylic acids is 2. The second-order valence-electron chi connectivity index (χ2n) is 4.94. The highest BCUT2D eigenvalue weighted by atomic mass is 32.1. The third-order valence-corrected chi connectivity index (χ3v) is 4.92. The van der Waals surface area contributed by atoms with Crippen LogP contribution >= 0.6 is 23.6 Å². The van der Waals surface area contributed by atoms with Crippen molar-refractivity contribution in [1.29, 1.82) is 0 Å². The molecule has 2 N–H and O–H groups in total. The molecular weight excluding hydrogens is 336 g/mol. The third kappa shape index (κ3) is 3.13. The summed E-state index contributed by atoms with van der Waals surface area (Å²) in [5.74, 6) is -0.681. The number of ether oxygens (including phenoxy) is 1. The highest BCUT2D eigenvalue weighted by molar-refractivity contribution is 7.80. The molecular formula is C15H14N2O4S2. The molecule has 0 radical (unpaired) electrons. The monoisotopic (exact) mass is 350 g/mol. The number of anilines is 1. The minimum atomic E-state index is -0.448. The molecule has 0 aromatic carbocycles. The van der Waals surface area contributed by atoms with Crippen molar-refractivity contribution in [3.63, 3.8) is 0 Å². The van der Waals surface area contributed by atoms with Crippen LogP contribution in [0, 0.1) is 0 Å². The lowest BCUT2D eigenvalue weighted by molar-refractivity contribution is 0.0601. The van der Waals surface area contributed by atoms with Gasteiger partial charge in [0.1, 0.15) is 5.00 Å². The lowest BCUT2D eigenvalue weighted by atomic mass is 10.1. The molecule has 2 aromatic rings. The van der Waals surface area contributed by atoms with E-state index in [0.29, 0.717) is 10.6 Å². The maximum absolute atomic E-state index is 12.0. The van der Waals surface area contributed by atoms with Crippen molar-refractivity contribution < 1.29 is 18.7 Å². The van der Waals surface area contributed by atoms with Gasteiger partial charge in [0, 0.05) is 4.88 Å². The van der Waals surface area contributed by atoms with Crippen LogP contribution in [-0.2, 0) is 17.6 Å². The number of nitrogens with one attached hydrogen (secondary N) is 2. The zero-order chi connectivity index (χ0) is 16.4. The number of aryl methyl sites for hydroxylation is 1. The highest BCUT2D eigenvalue weighted by Crippen LogP contribution is 2.39. The Bertz CT molecular complexity index is 765. The van der Waals surface area contributed by atoms with Crippen LogP contribution < -0.4 is 10.6 Å². The van der Waals surface area contributed by atoms with E-state index in [-0.39, 0.29) is 10.9 Å². The molecule has 0 spiro atoms. The number of furan rings is 1. The van der Waals surface area contributed by atoms with Gasteiger partial charge in [-0.3, -0.25) is 10.1 Å². The molecule has 0 atom stereocenters. The predicted molar refractivity (Wildman–Crippen MR) is 90.1 cm³/mol. The van der Waals surface area contributed by atoms with Gasteiger partial charge in [-0.25, -0.2) is 4.79 Å². The molecule has 1 aliphatic carbocycles. The van der Waals surface area contributed by atoms with Crippen LogP contribution in [-0.4, -0.2) is 24.1 Å². The topological polar surface area (TPSA) is 80.6 Å². The van der Waals surface area contributed by atoms with Gasteiger partial charge in [-0.05, 0) is 49.2 Å². The lowest BCUT2D eigenvalue weighted by Gasteiger charge is -2.09. The first-order valence-electron chi connectivity index (χ1n) is 6.99. The average Bonchev–Trinajstić information content (AvgIpc) is 3.22. The second-order valence-corrected chi connectivity index (χ2v) is 6.45. The van der Waals surface area contributed by atoms with Gasteiger partial charge in [-0.15, -0.1) is 11.3 Å². The van der Waals surface area contributed by atoms with Gasteiger partial charge in [-0.1, -0.05) is 0 Å². The fraction of sp³-hybridized carbons (Fsp3) is 0.267. The summed E-state index contributed by atoms with van der Waals surface area (Å²) >= 11 is 6.62. The Labute approximate surface area is 141 Å². The van der Waals surface area contributed by atoms with Crippen molar-refractivity contribution in [3.8, 4) is 0 Å². The number of methoxy groups -OCH3 is 1. The van der Waals surface area contributed by atoms with Gasteiger partial charge in [0.15, 0.2) is 10.9 Å². The first kappa shape index (κ1) is 15.7. The molecule has 0 bridgehead atoms. The first-order valence-corrected chi connectivity index (χ1v) is 8.21. The quantitative estimate of drug-likeness (QED) is 0.654. The Morgan fingerprint density at radius 1 is 1.39 bits per heavy atom. The van der Waals surface area contributed by atoms with Crippen LogP contribution in [0.5, 0.6) is 0 Å². The molecule has 3 rings (SSSR count). The highest BCUT2D eigenvalue weighted by Gasteiger charge is 2.27. The predicted octanol–water partition coefficient (Wildman–Crippen LogP) is 2.74. The normalized spacial score (nSPS) is 12.6. The summed E-state index contributed by atoms with van der Waals surface area (Å²) in [7, 11) is 1.35. The van der Waals surface area contributed by atoms with Crippen LogP contribution in [0.15, 0.2) is 22.8 Å². The van der Waals surface area contributed by atoms with Crippen LogP contribution in [0.25, 0.3) is 0 Å². The van der Waals surface area contributed by atoms with E-state index in [0.717, 1.165) is 29.7 Å². The van der Waals surface area contributed by atoms with Crippen molar-refractivity contribution >= 4 is 45.5 Å². The number of thiocarbonyl (C=S) groups is 1. The number of thiophene rings is 1. The summed E-state index contributed by atoms with van der Waals surface area (Å²) < 4.78 is 9.87. The fourth-order valence-electron chi connectivity index (χ4n) is 2.52. The van der Waals surface area contributed by atoms with E-state index in [4.69, 9.17) is 21.4 Å². The van der Waals surface area contributed by atoms with Crippen LogP contribution in [0.2, 0.25) is 0 Å².